The van der Waals surface area contributed by atoms with Gasteiger partial charge in [-0.1, -0.05) is 30.3 Å². The van der Waals surface area contributed by atoms with Gasteiger partial charge in [0, 0.05) is 23.5 Å². The number of nitrogens with two attached hydrogens (primary N) is 1. The molecular formula is C15H18N4O2. The molecule has 0 spiro atoms. The smallest absolute Gasteiger partial charge is 0.252 e. The molecular weight excluding hydrogens is 268 g/mol. The quantitative estimate of drug-likeness (QED) is 0.344. The highest BCUT2D eigenvalue weighted by molar-refractivity contribution is 6.06. The van der Waals surface area contributed by atoms with E-state index in [0.717, 1.165) is 16.6 Å². The van der Waals surface area contributed by atoms with Gasteiger partial charge in [0.25, 0.3) is 5.91 Å². The molecule has 2 rings (SSSR count). The Hall–Kier alpha value is -2.63. The lowest BCUT2D eigenvalue weighted by atomic mass is 10.1. The summed E-state index contributed by atoms with van der Waals surface area (Å²) in [6, 6.07) is 9.25. The first-order valence-corrected chi connectivity index (χ1v) is 6.65. The van der Waals surface area contributed by atoms with Gasteiger partial charge in [-0.2, -0.15) is 0 Å². The number of rotatable bonds is 4. The number of fused-ring (bicyclic) bond motifs is 1. The Morgan fingerprint density at radius 2 is 2.19 bits per heavy atom. The fourth-order valence-electron chi connectivity index (χ4n) is 2.04. The van der Waals surface area contributed by atoms with Gasteiger partial charge in [-0.15, -0.1) is 0 Å². The molecule has 110 valence electrons. The van der Waals surface area contributed by atoms with Gasteiger partial charge in [0.15, 0.2) is 0 Å². The molecule has 4 N–H and O–H groups in total. The molecule has 0 radical (unpaired) electrons. The lowest BCUT2D eigenvalue weighted by Crippen LogP contribution is -2.34. The number of carbonyl (C=O) groups excluding carboxylic acids is 1. The summed E-state index contributed by atoms with van der Waals surface area (Å²) < 4.78 is 0. The summed E-state index contributed by atoms with van der Waals surface area (Å²) in [5, 5.41) is 15.1. The van der Waals surface area contributed by atoms with Crippen LogP contribution in [0, 0.1) is 12.8 Å². The first-order chi connectivity index (χ1) is 10.0. The number of para-hydroxylation sites is 1. The zero-order chi connectivity index (χ0) is 15.4. The van der Waals surface area contributed by atoms with Crippen LogP contribution in [0.3, 0.4) is 0 Å². The summed E-state index contributed by atoms with van der Waals surface area (Å²) in [4.78, 5) is 16.7. The highest BCUT2D eigenvalue weighted by Gasteiger charge is 2.14. The van der Waals surface area contributed by atoms with Gasteiger partial charge >= 0.3 is 0 Å². The van der Waals surface area contributed by atoms with Crippen molar-refractivity contribution < 1.29 is 10.0 Å². The number of nitrogens with zero attached hydrogens (tertiary/aromatic N) is 2. The third kappa shape index (κ3) is 3.28. The van der Waals surface area contributed by atoms with Crippen LogP contribution in [0.1, 0.15) is 23.0 Å². The zero-order valence-electron chi connectivity index (χ0n) is 12.0. The molecule has 2 aromatic rings. The molecule has 1 atom stereocenters. The number of amides is 1. The Morgan fingerprint density at radius 1 is 1.48 bits per heavy atom. The van der Waals surface area contributed by atoms with E-state index in [2.05, 4.69) is 15.5 Å². The summed E-state index contributed by atoms with van der Waals surface area (Å²) in [5.41, 5.74) is 7.63. The largest absolute Gasteiger partial charge is 0.409 e. The fraction of sp³-hybridized carbons (Fsp3) is 0.267. The number of aromatic nitrogens is 1. The molecule has 0 aliphatic heterocycles. The van der Waals surface area contributed by atoms with Crippen LogP contribution in [-0.2, 0) is 0 Å². The lowest BCUT2D eigenvalue weighted by Gasteiger charge is -2.12. The van der Waals surface area contributed by atoms with E-state index in [1.165, 1.54) is 0 Å². The van der Waals surface area contributed by atoms with Crippen LogP contribution in [0.2, 0.25) is 0 Å². The van der Waals surface area contributed by atoms with Gasteiger partial charge in [-0.25, -0.2) is 0 Å². The van der Waals surface area contributed by atoms with Crippen molar-refractivity contribution >= 4 is 22.6 Å². The topological polar surface area (TPSA) is 101 Å². The molecule has 0 saturated heterocycles. The molecule has 1 unspecified atom stereocenters. The Labute approximate surface area is 122 Å². The third-order valence-corrected chi connectivity index (χ3v) is 3.28. The van der Waals surface area contributed by atoms with Crippen molar-refractivity contribution in [1.82, 2.24) is 10.3 Å². The Balaban J connectivity index is 2.24. The van der Waals surface area contributed by atoms with Gasteiger partial charge in [0.1, 0.15) is 5.84 Å². The first kappa shape index (κ1) is 14.8. The van der Waals surface area contributed by atoms with Crippen LogP contribution in [0.25, 0.3) is 10.9 Å². The van der Waals surface area contributed by atoms with E-state index in [1.54, 1.807) is 13.0 Å². The van der Waals surface area contributed by atoms with Crippen molar-refractivity contribution in [2.45, 2.75) is 13.8 Å². The summed E-state index contributed by atoms with van der Waals surface area (Å²) in [6.45, 7) is 3.91. The second-order valence-electron chi connectivity index (χ2n) is 4.96. The molecule has 1 aromatic heterocycles. The van der Waals surface area contributed by atoms with E-state index in [1.807, 2.05) is 31.2 Å². The predicted octanol–water partition coefficient (Wildman–Crippen LogP) is 1.66. The van der Waals surface area contributed by atoms with Crippen molar-refractivity contribution in [2.24, 2.45) is 16.8 Å². The van der Waals surface area contributed by atoms with Crippen molar-refractivity contribution in [3.05, 3.63) is 41.6 Å². The summed E-state index contributed by atoms with van der Waals surface area (Å²) in [5.74, 6) is -0.353. The minimum Gasteiger partial charge on any atom is -0.409 e. The minimum absolute atomic E-state index is 0.0890. The van der Waals surface area contributed by atoms with Gasteiger partial charge in [0.2, 0.25) is 0 Å². The number of nitrogens with one attached hydrogen (secondary N) is 1. The van der Waals surface area contributed by atoms with E-state index in [9.17, 15) is 4.79 Å². The molecule has 1 heterocycles. The first-order valence-electron chi connectivity index (χ1n) is 6.65. The average molecular weight is 286 g/mol. The monoisotopic (exact) mass is 286 g/mol. The van der Waals surface area contributed by atoms with Gasteiger partial charge in [-0.3, -0.25) is 9.78 Å². The Morgan fingerprint density at radius 3 is 2.90 bits per heavy atom. The minimum atomic E-state index is -0.242. The molecule has 0 fully saturated rings. The maximum absolute atomic E-state index is 12.3. The number of hydrogen-bond donors (Lipinski definition) is 3. The number of benzene rings is 1. The average Bonchev–Trinajstić information content (AvgIpc) is 2.50. The summed E-state index contributed by atoms with van der Waals surface area (Å²) >= 11 is 0. The summed E-state index contributed by atoms with van der Waals surface area (Å²) in [6.07, 6.45) is 0. The maximum Gasteiger partial charge on any atom is 0.252 e. The molecule has 0 bridgehead atoms. The molecule has 0 aliphatic carbocycles. The molecule has 0 saturated carbocycles. The van der Waals surface area contributed by atoms with Crippen molar-refractivity contribution in [1.29, 1.82) is 0 Å². The number of pyridine rings is 1. The number of carbonyl (C=O) groups is 1. The normalized spacial score (nSPS) is 13.1. The van der Waals surface area contributed by atoms with Crippen LogP contribution < -0.4 is 11.1 Å². The molecule has 6 nitrogen and oxygen atoms in total. The maximum atomic E-state index is 12.3. The fourth-order valence-corrected chi connectivity index (χ4v) is 2.04. The van der Waals surface area contributed by atoms with Crippen LogP contribution >= 0.6 is 0 Å². The van der Waals surface area contributed by atoms with Crippen LogP contribution in [0.4, 0.5) is 0 Å². The van der Waals surface area contributed by atoms with Crippen LogP contribution in [-0.4, -0.2) is 28.5 Å². The molecule has 1 aromatic carbocycles. The second kappa shape index (κ2) is 6.21. The summed E-state index contributed by atoms with van der Waals surface area (Å²) in [7, 11) is 0. The van der Waals surface area contributed by atoms with Crippen molar-refractivity contribution in [3.63, 3.8) is 0 Å². The SMILES string of the molecule is Cc1cc(C(=O)NCC(C)C(N)=NO)c2ccccc2n1. The van der Waals surface area contributed by atoms with Crippen LogP contribution in [0.5, 0.6) is 0 Å². The van der Waals surface area contributed by atoms with E-state index in [4.69, 9.17) is 10.9 Å². The predicted molar refractivity (Wildman–Crippen MR) is 81.4 cm³/mol. The van der Waals surface area contributed by atoms with E-state index in [-0.39, 0.29) is 17.7 Å². The van der Waals surface area contributed by atoms with Gasteiger partial charge in [0.05, 0.1) is 11.1 Å². The lowest BCUT2D eigenvalue weighted by molar-refractivity contribution is 0.0952. The highest BCUT2D eigenvalue weighted by atomic mass is 16.4. The van der Waals surface area contributed by atoms with Gasteiger partial charge in [-0.05, 0) is 19.1 Å². The number of aryl methyl sites for hydroxylation is 1. The van der Waals surface area contributed by atoms with Crippen LogP contribution in [0.15, 0.2) is 35.5 Å². The van der Waals surface area contributed by atoms with Crippen molar-refractivity contribution in [2.75, 3.05) is 6.54 Å². The molecule has 1 amide bonds. The van der Waals surface area contributed by atoms with E-state index < -0.39 is 0 Å². The number of amidine groups is 1. The van der Waals surface area contributed by atoms with Crippen molar-refractivity contribution in [3.8, 4) is 0 Å². The standard InChI is InChI=1S/C15H18N4O2/c1-9(14(16)19-21)8-17-15(20)12-7-10(2)18-13-6-4-3-5-11(12)13/h3-7,9,21H,8H2,1-2H3,(H2,16,19)(H,17,20). The molecule has 21 heavy (non-hydrogen) atoms. The third-order valence-electron chi connectivity index (χ3n) is 3.28. The molecule has 6 heteroatoms. The number of hydrogen-bond acceptors (Lipinski definition) is 4. The zero-order valence-corrected chi connectivity index (χ0v) is 12.0. The Kier molecular flexibility index (Phi) is 4.37. The number of oxime groups is 1. The molecule has 0 aliphatic rings. The second-order valence-corrected chi connectivity index (χ2v) is 4.96. The van der Waals surface area contributed by atoms with E-state index in [0.29, 0.717) is 12.1 Å². The Bertz CT molecular complexity index is 697. The highest BCUT2D eigenvalue weighted by Crippen LogP contribution is 2.18. The van der Waals surface area contributed by atoms with E-state index >= 15 is 0 Å². The van der Waals surface area contributed by atoms with Gasteiger partial charge < -0.3 is 16.3 Å².